The zero-order chi connectivity index (χ0) is 20.3. The molecule has 3 N–H and O–H groups in total. The summed E-state index contributed by atoms with van der Waals surface area (Å²) in [7, 11) is 0. The lowest BCUT2D eigenvalue weighted by Crippen LogP contribution is -2.51. The van der Waals surface area contributed by atoms with E-state index in [9.17, 15) is 9.59 Å². The van der Waals surface area contributed by atoms with E-state index in [2.05, 4.69) is 21.4 Å². The quantitative estimate of drug-likeness (QED) is 0.468. The first-order valence-electron chi connectivity index (χ1n) is 9.65. The fraction of sp³-hybridized carbons (Fsp3) is 0.550. The van der Waals surface area contributed by atoms with Gasteiger partial charge in [-0.2, -0.15) is 5.10 Å². The van der Waals surface area contributed by atoms with E-state index >= 15 is 0 Å². The van der Waals surface area contributed by atoms with E-state index < -0.39 is 5.60 Å². The molecule has 0 radical (unpaired) electrons. The average molecular weight is 387 g/mol. The molecule has 2 aliphatic rings. The molecule has 1 fully saturated rings. The molecular weight excluding hydrogens is 358 g/mol. The Kier molecular flexibility index (Phi) is 5.88. The Bertz CT molecular complexity index is 777. The molecule has 1 saturated heterocycles. The van der Waals surface area contributed by atoms with Gasteiger partial charge in [0.25, 0.3) is 0 Å². The number of hydrogen-bond donors (Lipinski definition) is 2. The predicted octanol–water partition coefficient (Wildman–Crippen LogP) is 1.79. The summed E-state index contributed by atoms with van der Waals surface area (Å²) < 4.78 is 5.44. The minimum absolute atomic E-state index is 0.0517. The maximum atomic E-state index is 12.2. The summed E-state index contributed by atoms with van der Waals surface area (Å²) in [4.78, 5) is 27.7. The lowest BCUT2D eigenvalue weighted by molar-refractivity contribution is -0.116. The molecule has 0 saturated carbocycles. The lowest BCUT2D eigenvalue weighted by Gasteiger charge is -2.35. The third-order valence-corrected chi connectivity index (χ3v) is 4.89. The highest BCUT2D eigenvalue weighted by Crippen LogP contribution is 2.24. The van der Waals surface area contributed by atoms with Gasteiger partial charge in [0, 0.05) is 44.8 Å². The maximum absolute atomic E-state index is 12.2. The third kappa shape index (κ3) is 5.01. The zero-order valence-electron chi connectivity index (χ0n) is 16.8. The van der Waals surface area contributed by atoms with E-state index in [-0.39, 0.29) is 12.0 Å². The van der Waals surface area contributed by atoms with E-state index in [0.29, 0.717) is 26.1 Å². The summed E-state index contributed by atoms with van der Waals surface area (Å²) in [5, 5.41) is 6.89. The Morgan fingerprint density at radius 1 is 1.21 bits per heavy atom. The summed E-state index contributed by atoms with van der Waals surface area (Å²) >= 11 is 0. The van der Waals surface area contributed by atoms with Gasteiger partial charge in [-0.15, -0.1) is 0 Å². The van der Waals surface area contributed by atoms with E-state index in [4.69, 9.17) is 10.6 Å². The molecule has 0 atom stereocenters. The first-order chi connectivity index (χ1) is 13.2. The molecule has 0 bridgehead atoms. The molecule has 0 spiro atoms. The number of aryl methyl sites for hydroxylation is 1. The van der Waals surface area contributed by atoms with Crippen molar-refractivity contribution < 1.29 is 14.3 Å². The fourth-order valence-electron chi connectivity index (χ4n) is 3.40. The van der Waals surface area contributed by atoms with Crippen LogP contribution in [-0.2, 0) is 16.0 Å². The summed E-state index contributed by atoms with van der Waals surface area (Å²) in [6.45, 7) is 8.92. The number of piperazine rings is 1. The van der Waals surface area contributed by atoms with Crippen LogP contribution in [0.3, 0.4) is 0 Å². The van der Waals surface area contributed by atoms with E-state index in [1.807, 2.05) is 32.9 Å². The summed E-state index contributed by atoms with van der Waals surface area (Å²) in [6, 6.07) is 5.90. The monoisotopic (exact) mass is 387 g/mol. The smallest absolute Gasteiger partial charge is 0.410 e. The molecular formula is C20H29N5O3. The Morgan fingerprint density at radius 2 is 1.93 bits per heavy atom. The van der Waals surface area contributed by atoms with Crippen LogP contribution in [0.5, 0.6) is 0 Å². The number of nitrogens with two attached hydrogens (primary N) is 1. The van der Waals surface area contributed by atoms with Gasteiger partial charge in [0.1, 0.15) is 5.60 Å². The minimum atomic E-state index is -0.487. The SMILES string of the molecule is CC(C)(C)OC(=O)N1CCN(C/C(=N\N)c2ccc3c(c2)CCC(=O)N3)CC1. The van der Waals surface area contributed by atoms with Gasteiger partial charge in [0.15, 0.2) is 0 Å². The normalized spacial score (nSPS) is 18.5. The fourth-order valence-corrected chi connectivity index (χ4v) is 3.40. The van der Waals surface area contributed by atoms with Crippen molar-refractivity contribution >= 4 is 23.4 Å². The molecule has 0 unspecified atom stereocenters. The Labute approximate surface area is 165 Å². The Balaban J connectivity index is 1.58. The summed E-state index contributed by atoms with van der Waals surface area (Å²) in [6.07, 6.45) is 0.955. The molecule has 1 aromatic carbocycles. The first kappa shape index (κ1) is 20.1. The van der Waals surface area contributed by atoms with Gasteiger partial charge in [-0.05, 0) is 50.5 Å². The number of benzene rings is 1. The van der Waals surface area contributed by atoms with Gasteiger partial charge in [-0.3, -0.25) is 9.69 Å². The average Bonchev–Trinajstić information content (AvgIpc) is 2.65. The number of carbonyl (C=O) groups excluding carboxylic acids is 2. The molecule has 1 aromatic rings. The van der Waals surface area contributed by atoms with Crippen LogP contribution < -0.4 is 11.2 Å². The van der Waals surface area contributed by atoms with E-state index in [1.54, 1.807) is 4.90 Å². The van der Waals surface area contributed by atoms with Crippen LogP contribution in [0.1, 0.15) is 38.3 Å². The van der Waals surface area contributed by atoms with Gasteiger partial charge in [-0.1, -0.05) is 6.07 Å². The molecule has 2 aliphatic heterocycles. The summed E-state index contributed by atoms with van der Waals surface area (Å²) in [5.41, 5.74) is 3.24. The molecule has 8 nitrogen and oxygen atoms in total. The van der Waals surface area contributed by atoms with Crippen molar-refractivity contribution in [3.05, 3.63) is 29.3 Å². The number of hydrogen-bond acceptors (Lipinski definition) is 6. The van der Waals surface area contributed by atoms with Gasteiger partial charge in [-0.25, -0.2) is 4.79 Å². The van der Waals surface area contributed by atoms with Crippen molar-refractivity contribution in [1.29, 1.82) is 0 Å². The molecule has 0 aromatic heterocycles. The van der Waals surface area contributed by atoms with Crippen LogP contribution in [0.2, 0.25) is 0 Å². The van der Waals surface area contributed by atoms with Crippen molar-refractivity contribution in [2.75, 3.05) is 38.0 Å². The number of hydrazone groups is 1. The van der Waals surface area contributed by atoms with Crippen molar-refractivity contribution in [3.8, 4) is 0 Å². The van der Waals surface area contributed by atoms with Crippen molar-refractivity contribution in [3.63, 3.8) is 0 Å². The molecule has 8 heteroatoms. The third-order valence-electron chi connectivity index (χ3n) is 4.89. The number of carbonyl (C=O) groups is 2. The second kappa shape index (κ2) is 8.18. The van der Waals surface area contributed by atoms with Crippen molar-refractivity contribution in [1.82, 2.24) is 9.80 Å². The number of anilines is 1. The molecule has 28 heavy (non-hydrogen) atoms. The second-order valence-corrected chi connectivity index (χ2v) is 8.24. The van der Waals surface area contributed by atoms with Crippen LogP contribution in [0.25, 0.3) is 0 Å². The number of rotatable bonds is 3. The number of nitrogens with one attached hydrogen (secondary N) is 1. The number of amides is 2. The number of nitrogens with zero attached hydrogens (tertiary/aromatic N) is 3. The molecule has 2 amide bonds. The topological polar surface area (TPSA) is 100 Å². The zero-order valence-corrected chi connectivity index (χ0v) is 16.8. The van der Waals surface area contributed by atoms with Crippen LogP contribution in [-0.4, -0.2) is 65.8 Å². The molecule has 0 aliphatic carbocycles. The highest BCUT2D eigenvalue weighted by Gasteiger charge is 2.26. The molecule has 2 heterocycles. The molecule has 152 valence electrons. The van der Waals surface area contributed by atoms with Gasteiger partial charge < -0.3 is 20.8 Å². The minimum Gasteiger partial charge on any atom is -0.444 e. The molecule has 3 rings (SSSR count). The Hall–Kier alpha value is -2.61. The van der Waals surface area contributed by atoms with Gasteiger partial charge >= 0.3 is 6.09 Å². The van der Waals surface area contributed by atoms with Crippen LogP contribution in [0.4, 0.5) is 10.5 Å². The van der Waals surface area contributed by atoms with E-state index in [0.717, 1.165) is 42.0 Å². The number of fused-ring (bicyclic) bond motifs is 1. The van der Waals surface area contributed by atoms with Crippen molar-refractivity contribution in [2.24, 2.45) is 10.9 Å². The lowest BCUT2D eigenvalue weighted by atomic mass is 9.98. The number of ether oxygens (including phenoxy) is 1. The Morgan fingerprint density at radius 3 is 2.57 bits per heavy atom. The van der Waals surface area contributed by atoms with Gasteiger partial charge in [0.2, 0.25) is 5.91 Å². The largest absolute Gasteiger partial charge is 0.444 e. The highest BCUT2D eigenvalue weighted by molar-refractivity contribution is 6.03. The van der Waals surface area contributed by atoms with Crippen LogP contribution in [0.15, 0.2) is 23.3 Å². The standard InChI is InChI=1S/C20H29N5O3/c1-20(2,3)28-19(27)25-10-8-24(9-11-25)13-17(23-21)15-4-6-16-14(12-15)5-7-18(26)22-16/h4,6,12H,5,7-11,13,21H2,1-3H3,(H,22,26)/b23-17+. The predicted molar refractivity (Wildman–Crippen MR) is 108 cm³/mol. The highest BCUT2D eigenvalue weighted by atomic mass is 16.6. The first-order valence-corrected chi connectivity index (χ1v) is 9.65. The van der Waals surface area contributed by atoms with E-state index in [1.165, 1.54) is 0 Å². The van der Waals surface area contributed by atoms with Gasteiger partial charge in [0.05, 0.1) is 5.71 Å². The van der Waals surface area contributed by atoms with Crippen LogP contribution >= 0.6 is 0 Å². The van der Waals surface area contributed by atoms with Crippen LogP contribution in [0, 0.1) is 0 Å². The van der Waals surface area contributed by atoms with Crippen molar-refractivity contribution in [2.45, 2.75) is 39.2 Å². The maximum Gasteiger partial charge on any atom is 0.410 e. The summed E-state index contributed by atoms with van der Waals surface area (Å²) in [5.74, 6) is 5.72. The second-order valence-electron chi connectivity index (χ2n) is 8.24.